The molecule has 1 amide bonds. The molecule has 6 heteroatoms. The van der Waals surface area contributed by atoms with Crippen LogP contribution in [0.3, 0.4) is 0 Å². The number of rotatable bonds is 3. The van der Waals surface area contributed by atoms with Crippen molar-refractivity contribution in [3.63, 3.8) is 0 Å². The number of hydrogen-bond donors (Lipinski definition) is 1. The molecule has 0 aliphatic heterocycles. The molecule has 0 saturated carbocycles. The fourth-order valence-corrected chi connectivity index (χ4v) is 3.36. The summed E-state index contributed by atoms with van der Waals surface area (Å²) in [7, 11) is 1.79. The monoisotopic (exact) mass is 281 g/mol. The molecule has 2 rings (SSSR count). The van der Waals surface area contributed by atoms with Crippen molar-refractivity contribution in [2.75, 3.05) is 12.8 Å². The van der Waals surface area contributed by atoms with Gasteiger partial charge in [0.2, 0.25) is 0 Å². The zero-order chi connectivity index (χ0) is 13.3. The number of thiazole rings is 1. The number of aromatic nitrogens is 1. The molecule has 96 valence electrons. The van der Waals surface area contributed by atoms with Crippen molar-refractivity contribution in [2.45, 2.75) is 20.4 Å². The van der Waals surface area contributed by atoms with Gasteiger partial charge in [-0.05, 0) is 19.9 Å². The third kappa shape index (κ3) is 2.70. The van der Waals surface area contributed by atoms with Crippen LogP contribution >= 0.6 is 22.7 Å². The van der Waals surface area contributed by atoms with Gasteiger partial charge in [0.1, 0.15) is 0 Å². The summed E-state index contributed by atoms with van der Waals surface area (Å²) in [6, 6.07) is 1.75. The number of aryl methyl sites for hydroxylation is 2. The molecule has 0 spiro atoms. The van der Waals surface area contributed by atoms with Crippen LogP contribution in [0.15, 0.2) is 12.3 Å². The zero-order valence-electron chi connectivity index (χ0n) is 10.6. The number of thiophene rings is 1. The largest absolute Gasteiger partial charge is 0.398 e. The third-order valence-electron chi connectivity index (χ3n) is 2.58. The lowest BCUT2D eigenvalue weighted by atomic mass is 10.3. The maximum Gasteiger partial charge on any atom is 0.264 e. The van der Waals surface area contributed by atoms with Gasteiger partial charge in [0.05, 0.1) is 16.4 Å². The van der Waals surface area contributed by atoms with Crippen LogP contribution in [0, 0.1) is 13.8 Å². The highest BCUT2D eigenvalue weighted by Crippen LogP contribution is 2.25. The highest BCUT2D eigenvalue weighted by Gasteiger charge is 2.16. The van der Waals surface area contributed by atoms with Crippen LogP contribution < -0.4 is 5.73 Å². The third-order valence-corrected chi connectivity index (χ3v) is 4.53. The number of nitrogens with two attached hydrogens (primary N) is 1. The van der Waals surface area contributed by atoms with Crippen LogP contribution in [0.25, 0.3) is 0 Å². The SMILES string of the molecule is Cc1ncc(CN(C)C(=O)c2cc(N)c(C)s2)s1. The topological polar surface area (TPSA) is 59.2 Å². The smallest absolute Gasteiger partial charge is 0.264 e. The molecule has 0 radical (unpaired) electrons. The van der Waals surface area contributed by atoms with Crippen LogP contribution in [-0.4, -0.2) is 22.8 Å². The summed E-state index contributed by atoms with van der Waals surface area (Å²) in [4.78, 5) is 20.8. The lowest BCUT2D eigenvalue weighted by molar-refractivity contribution is 0.0791. The normalized spacial score (nSPS) is 10.6. The molecule has 2 N–H and O–H groups in total. The Labute approximate surface area is 114 Å². The number of anilines is 1. The molecular formula is C12H15N3OS2. The molecule has 18 heavy (non-hydrogen) atoms. The Morgan fingerprint density at radius 1 is 1.44 bits per heavy atom. The van der Waals surface area contributed by atoms with Crippen LogP contribution in [-0.2, 0) is 6.54 Å². The molecule has 2 aromatic rings. The summed E-state index contributed by atoms with van der Waals surface area (Å²) >= 11 is 3.05. The molecular weight excluding hydrogens is 266 g/mol. The van der Waals surface area contributed by atoms with E-state index in [1.165, 1.54) is 11.3 Å². The lowest BCUT2D eigenvalue weighted by Crippen LogP contribution is -2.24. The van der Waals surface area contributed by atoms with Crippen molar-refractivity contribution in [3.8, 4) is 0 Å². The molecule has 0 fully saturated rings. The molecule has 0 bridgehead atoms. The van der Waals surface area contributed by atoms with E-state index in [9.17, 15) is 4.79 Å². The first-order valence-corrected chi connectivity index (χ1v) is 7.13. The van der Waals surface area contributed by atoms with E-state index in [1.807, 2.05) is 20.0 Å². The Morgan fingerprint density at radius 2 is 2.17 bits per heavy atom. The molecule has 0 aromatic carbocycles. The van der Waals surface area contributed by atoms with Crippen molar-refractivity contribution in [3.05, 3.63) is 31.9 Å². The van der Waals surface area contributed by atoms with Gasteiger partial charge in [-0.2, -0.15) is 0 Å². The molecule has 0 unspecified atom stereocenters. The first kappa shape index (κ1) is 13.0. The highest BCUT2D eigenvalue weighted by molar-refractivity contribution is 7.14. The van der Waals surface area contributed by atoms with Gasteiger partial charge in [-0.3, -0.25) is 4.79 Å². The van der Waals surface area contributed by atoms with Crippen LogP contribution in [0.1, 0.15) is 24.4 Å². The van der Waals surface area contributed by atoms with Crippen LogP contribution in [0.5, 0.6) is 0 Å². The number of nitrogen functional groups attached to an aromatic ring is 1. The molecule has 2 aromatic heterocycles. The predicted octanol–water partition coefficient (Wildman–Crippen LogP) is 2.68. The van der Waals surface area contributed by atoms with Gasteiger partial charge in [0.15, 0.2) is 0 Å². The van der Waals surface area contributed by atoms with Crippen molar-refractivity contribution in [2.24, 2.45) is 0 Å². The number of carbonyl (C=O) groups excluding carboxylic acids is 1. The van der Waals surface area contributed by atoms with E-state index in [0.717, 1.165) is 14.8 Å². The molecule has 2 heterocycles. The Kier molecular flexibility index (Phi) is 3.68. The van der Waals surface area contributed by atoms with E-state index < -0.39 is 0 Å². The van der Waals surface area contributed by atoms with E-state index >= 15 is 0 Å². The van der Waals surface area contributed by atoms with Gasteiger partial charge < -0.3 is 10.6 Å². The summed E-state index contributed by atoms with van der Waals surface area (Å²) in [6.45, 7) is 4.46. The van der Waals surface area contributed by atoms with Gasteiger partial charge in [0, 0.05) is 28.7 Å². The van der Waals surface area contributed by atoms with Crippen molar-refractivity contribution in [1.82, 2.24) is 9.88 Å². The van der Waals surface area contributed by atoms with E-state index in [1.54, 1.807) is 29.4 Å². The second kappa shape index (κ2) is 5.07. The maximum atomic E-state index is 12.2. The first-order valence-electron chi connectivity index (χ1n) is 5.50. The van der Waals surface area contributed by atoms with E-state index in [0.29, 0.717) is 17.1 Å². The zero-order valence-corrected chi connectivity index (χ0v) is 12.2. The summed E-state index contributed by atoms with van der Waals surface area (Å²) < 4.78 is 0. The molecule has 0 saturated heterocycles. The fraction of sp³-hybridized carbons (Fsp3) is 0.333. The molecule has 0 atom stereocenters. The Balaban J connectivity index is 2.09. The van der Waals surface area contributed by atoms with Crippen molar-refractivity contribution in [1.29, 1.82) is 0 Å². The second-order valence-electron chi connectivity index (χ2n) is 4.13. The van der Waals surface area contributed by atoms with Crippen molar-refractivity contribution >= 4 is 34.3 Å². The lowest BCUT2D eigenvalue weighted by Gasteiger charge is -2.14. The maximum absolute atomic E-state index is 12.2. The van der Waals surface area contributed by atoms with Crippen LogP contribution in [0.2, 0.25) is 0 Å². The second-order valence-corrected chi connectivity index (χ2v) is 6.70. The number of nitrogens with zero attached hydrogens (tertiary/aromatic N) is 2. The quantitative estimate of drug-likeness (QED) is 0.941. The average Bonchev–Trinajstić information content (AvgIpc) is 2.85. The standard InChI is InChI=1S/C12H15N3OS2/c1-7-10(13)4-11(17-7)12(16)15(3)6-9-5-14-8(2)18-9/h4-5H,6,13H2,1-3H3. The number of carbonyl (C=O) groups is 1. The van der Waals surface area contributed by atoms with Gasteiger partial charge in [0.25, 0.3) is 5.91 Å². The molecule has 0 aliphatic rings. The number of amides is 1. The minimum Gasteiger partial charge on any atom is -0.398 e. The van der Waals surface area contributed by atoms with E-state index in [-0.39, 0.29) is 5.91 Å². The van der Waals surface area contributed by atoms with Gasteiger partial charge in [-0.1, -0.05) is 0 Å². The summed E-state index contributed by atoms with van der Waals surface area (Å²) in [5.74, 6) is 0.00542. The average molecular weight is 281 g/mol. The Hall–Kier alpha value is -1.40. The Morgan fingerprint density at radius 3 is 2.67 bits per heavy atom. The summed E-state index contributed by atoms with van der Waals surface area (Å²) in [5, 5.41) is 1.02. The fourth-order valence-electron chi connectivity index (χ4n) is 1.57. The van der Waals surface area contributed by atoms with Crippen LogP contribution in [0.4, 0.5) is 5.69 Å². The van der Waals surface area contributed by atoms with Crippen molar-refractivity contribution < 1.29 is 4.79 Å². The van der Waals surface area contributed by atoms with E-state index in [4.69, 9.17) is 5.73 Å². The summed E-state index contributed by atoms with van der Waals surface area (Å²) in [6.07, 6.45) is 1.82. The predicted molar refractivity (Wildman–Crippen MR) is 76.1 cm³/mol. The molecule has 4 nitrogen and oxygen atoms in total. The highest BCUT2D eigenvalue weighted by atomic mass is 32.1. The van der Waals surface area contributed by atoms with Gasteiger partial charge in [-0.15, -0.1) is 22.7 Å². The first-order chi connectivity index (χ1) is 8.47. The minimum atomic E-state index is 0.00542. The Bertz CT molecular complexity index is 554. The number of hydrogen-bond acceptors (Lipinski definition) is 5. The summed E-state index contributed by atoms with van der Waals surface area (Å²) in [5.41, 5.74) is 6.45. The minimum absolute atomic E-state index is 0.00542. The van der Waals surface area contributed by atoms with Gasteiger partial charge >= 0.3 is 0 Å². The molecule has 0 aliphatic carbocycles. The van der Waals surface area contributed by atoms with E-state index in [2.05, 4.69) is 4.98 Å². The van der Waals surface area contributed by atoms with Gasteiger partial charge in [-0.25, -0.2) is 4.98 Å².